The summed E-state index contributed by atoms with van der Waals surface area (Å²) in [4.78, 5) is 0. The first kappa shape index (κ1) is 27.4. The molecule has 0 aliphatic rings. The van der Waals surface area contributed by atoms with E-state index in [0.717, 1.165) is 16.9 Å². The van der Waals surface area contributed by atoms with Gasteiger partial charge in [-0.3, -0.25) is 0 Å². The average molecular weight is 524 g/mol. The maximum Gasteiger partial charge on any atom is 0.211 e. The topological polar surface area (TPSA) is 79.2 Å². The predicted molar refractivity (Wildman–Crippen MR) is 133 cm³/mol. The highest BCUT2D eigenvalue weighted by Gasteiger charge is 2.27. The van der Waals surface area contributed by atoms with E-state index < -0.39 is 29.8 Å². The van der Waals surface area contributed by atoms with Crippen LogP contribution in [0.5, 0.6) is 11.5 Å². The van der Waals surface area contributed by atoms with Crippen LogP contribution >= 0.6 is 46.6 Å². The summed E-state index contributed by atoms with van der Waals surface area (Å²) in [5.74, 6) is -0.148. The van der Waals surface area contributed by atoms with Gasteiger partial charge in [-0.1, -0.05) is 56.1 Å². The van der Waals surface area contributed by atoms with E-state index in [0.29, 0.717) is 11.5 Å². The summed E-state index contributed by atoms with van der Waals surface area (Å²) in [6.45, 7) is 5.91. The molecule has 1 atom stereocenters. The van der Waals surface area contributed by atoms with Crippen molar-refractivity contribution in [2.24, 2.45) is 0 Å². The van der Waals surface area contributed by atoms with Gasteiger partial charge in [0.05, 0.1) is 22.0 Å². The largest absolute Gasteiger partial charge is 0.491 e. The van der Waals surface area contributed by atoms with Gasteiger partial charge in [0.25, 0.3) is 0 Å². The van der Waals surface area contributed by atoms with Crippen LogP contribution in [0.25, 0.3) is 0 Å². The predicted octanol–water partition coefficient (Wildman–Crippen LogP) is 5.11. The van der Waals surface area contributed by atoms with Gasteiger partial charge < -0.3 is 24.8 Å². The van der Waals surface area contributed by atoms with E-state index in [1.807, 2.05) is 38.1 Å². The molecule has 0 aliphatic heterocycles. The van der Waals surface area contributed by atoms with E-state index >= 15 is 0 Å². The molecule has 0 saturated carbocycles. The Bertz CT molecular complexity index is 851. The van der Waals surface area contributed by atoms with Gasteiger partial charge in [0.15, 0.2) is 5.75 Å². The van der Waals surface area contributed by atoms with E-state index in [1.54, 1.807) is 23.9 Å². The SMILES string of the molecule is CCSC[C@@H](O)COc1ccc(C(C)(C)c2cc(Cl)c(OCC(O)(O)CCl)c(Cl)c2)cc1. The quantitative estimate of drug-likeness (QED) is 0.265. The monoisotopic (exact) mass is 522 g/mol. The lowest BCUT2D eigenvalue weighted by Gasteiger charge is -2.28. The molecule has 3 N–H and O–H groups in total. The fraction of sp³-hybridized carbons (Fsp3) is 0.478. The van der Waals surface area contributed by atoms with Gasteiger partial charge in [-0.05, 0) is 41.1 Å². The second-order valence-corrected chi connectivity index (χ2v) is 10.3. The Morgan fingerprint density at radius 1 is 1.00 bits per heavy atom. The molecule has 0 bridgehead atoms. The third kappa shape index (κ3) is 7.59. The highest BCUT2D eigenvalue weighted by molar-refractivity contribution is 7.99. The maximum absolute atomic E-state index is 9.93. The summed E-state index contributed by atoms with van der Waals surface area (Å²) in [7, 11) is 0. The molecule has 5 nitrogen and oxygen atoms in total. The molecule has 0 fully saturated rings. The van der Waals surface area contributed by atoms with Crippen LogP contribution in [0.4, 0.5) is 0 Å². The molecule has 0 unspecified atom stereocenters. The fourth-order valence-corrected chi connectivity index (χ4v) is 4.19. The average Bonchev–Trinajstić information content (AvgIpc) is 2.75. The lowest BCUT2D eigenvalue weighted by atomic mass is 9.78. The standard InChI is InChI=1S/C23H29Cl3O5S/c1-4-32-12-17(27)11-30-18-7-5-15(6-8-18)22(2,3)16-9-19(25)21(20(26)10-16)31-14-23(28,29)13-24/h5-10,17,27-29H,4,11-14H2,1-3H3/t17-/m0/s1. The summed E-state index contributed by atoms with van der Waals surface area (Å²) >= 11 is 19.9. The number of aliphatic hydroxyl groups is 3. The van der Waals surface area contributed by atoms with E-state index in [1.165, 1.54) is 0 Å². The van der Waals surface area contributed by atoms with Crippen molar-refractivity contribution in [2.75, 3.05) is 30.6 Å². The van der Waals surface area contributed by atoms with E-state index in [4.69, 9.17) is 44.3 Å². The maximum atomic E-state index is 9.93. The van der Waals surface area contributed by atoms with Gasteiger partial charge in [-0.15, -0.1) is 11.6 Å². The van der Waals surface area contributed by atoms with Crippen molar-refractivity contribution in [1.82, 2.24) is 0 Å². The minimum Gasteiger partial charge on any atom is -0.491 e. The number of benzene rings is 2. The van der Waals surface area contributed by atoms with Crippen LogP contribution in [-0.4, -0.2) is 57.8 Å². The molecule has 2 aromatic carbocycles. The van der Waals surface area contributed by atoms with Crippen LogP contribution < -0.4 is 9.47 Å². The van der Waals surface area contributed by atoms with Crippen molar-refractivity contribution in [3.05, 3.63) is 57.6 Å². The normalized spacial score (nSPS) is 13.2. The Morgan fingerprint density at radius 2 is 1.59 bits per heavy atom. The fourth-order valence-electron chi connectivity index (χ4n) is 2.91. The lowest BCUT2D eigenvalue weighted by Crippen LogP contribution is -2.37. The van der Waals surface area contributed by atoms with E-state index in [-0.39, 0.29) is 22.4 Å². The summed E-state index contributed by atoms with van der Waals surface area (Å²) in [6.07, 6.45) is -0.507. The van der Waals surface area contributed by atoms with Crippen LogP contribution in [0.2, 0.25) is 10.0 Å². The van der Waals surface area contributed by atoms with Gasteiger partial charge in [-0.2, -0.15) is 11.8 Å². The highest BCUT2D eigenvalue weighted by atomic mass is 35.5. The third-order valence-electron chi connectivity index (χ3n) is 4.91. The second-order valence-electron chi connectivity index (χ2n) is 7.95. The Balaban J connectivity index is 2.13. The molecule has 0 heterocycles. The molecule has 2 aromatic rings. The van der Waals surface area contributed by atoms with Gasteiger partial charge in [-0.25, -0.2) is 0 Å². The van der Waals surface area contributed by atoms with Crippen LogP contribution in [0.1, 0.15) is 31.9 Å². The lowest BCUT2D eigenvalue weighted by molar-refractivity contribution is -0.162. The van der Waals surface area contributed by atoms with E-state index in [2.05, 4.69) is 6.92 Å². The number of thioether (sulfide) groups is 1. The van der Waals surface area contributed by atoms with Crippen molar-refractivity contribution in [1.29, 1.82) is 0 Å². The molecule has 178 valence electrons. The Hall–Kier alpha value is -0.860. The minimum atomic E-state index is -2.18. The summed E-state index contributed by atoms with van der Waals surface area (Å²) in [5, 5.41) is 29.7. The zero-order valence-corrected chi connectivity index (χ0v) is 21.4. The molecule has 0 saturated heterocycles. The van der Waals surface area contributed by atoms with Gasteiger partial charge in [0.2, 0.25) is 5.79 Å². The van der Waals surface area contributed by atoms with E-state index in [9.17, 15) is 15.3 Å². The molecule has 0 amide bonds. The first-order valence-electron chi connectivity index (χ1n) is 10.1. The van der Waals surface area contributed by atoms with Crippen molar-refractivity contribution in [3.63, 3.8) is 0 Å². The Morgan fingerprint density at radius 3 is 2.12 bits per heavy atom. The first-order chi connectivity index (χ1) is 15.0. The molecular weight excluding hydrogens is 495 g/mol. The van der Waals surface area contributed by atoms with Crippen LogP contribution in [0, 0.1) is 0 Å². The van der Waals surface area contributed by atoms with Gasteiger partial charge in [0, 0.05) is 11.2 Å². The summed E-state index contributed by atoms with van der Waals surface area (Å²) in [5.41, 5.74) is 1.44. The van der Waals surface area contributed by atoms with Gasteiger partial charge in [0.1, 0.15) is 19.0 Å². The molecule has 9 heteroatoms. The molecule has 0 radical (unpaired) electrons. The molecule has 0 spiro atoms. The van der Waals surface area contributed by atoms with Crippen molar-refractivity contribution < 1.29 is 24.8 Å². The molecule has 0 aliphatic carbocycles. The minimum absolute atomic E-state index is 0.161. The van der Waals surface area contributed by atoms with Crippen LogP contribution in [-0.2, 0) is 5.41 Å². The molecule has 0 aromatic heterocycles. The summed E-state index contributed by atoms with van der Waals surface area (Å²) in [6, 6.07) is 11.1. The number of ether oxygens (including phenoxy) is 2. The highest BCUT2D eigenvalue weighted by Crippen LogP contribution is 2.41. The van der Waals surface area contributed by atoms with Crippen molar-refractivity contribution in [2.45, 2.75) is 38.1 Å². The number of hydrogen-bond donors (Lipinski definition) is 3. The smallest absolute Gasteiger partial charge is 0.211 e. The number of alkyl halides is 1. The first-order valence-corrected chi connectivity index (χ1v) is 12.6. The number of hydrogen-bond acceptors (Lipinski definition) is 6. The Labute approximate surface area is 208 Å². The summed E-state index contributed by atoms with van der Waals surface area (Å²) < 4.78 is 11.1. The molecular formula is C23H29Cl3O5S. The second kappa shape index (κ2) is 12.0. The van der Waals surface area contributed by atoms with Crippen molar-refractivity contribution in [3.8, 4) is 11.5 Å². The Kier molecular flexibility index (Phi) is 10.3. The third-order valence-corrected chi connectivity index (χ3v) is 6.93. The molecule has 32 heavy (non-hydrogen) atoms. The van der Waals surface area contributed by atoms with Crippen molar-refractivity contribution >= 4 is 46.6 Å². The van der Waals surface area contributed by atoms with Crippen LogP contribution in [0.3, 0.4) is 0 Å². The number of halogens is 3. The molecule has 2 rings (SSSR count). The number of rotatable bonds is 12. The zero-order chi connectivity index (χ0) is 23.9. The van der Waals surface area contributed by atoms with Crippen LogP contribution in [0.15, 0.2) is 36.4 Å². The van der Waals surface area contributed by atoms with Gasteiger partial charge >= 0.3 is 0 Å². The zero-order valence-electron chi connectivity index (χ0n) is 18.3. The number of aliphatic hydroxyl groups excluding tert-OH is 1.